The molecule has 0 aliphatic heterocycles. The summed E-state index contributed by atoms with van der Waals surface area (Å²) in [5, 5.41) is 0. The van der Waals surface area contributed by atoms with Crippen LogP contribution in [0.2, 0.25) is 0 Å². The maximum atomic E-state index is 3.22. The first-order valence-electron chi connectivity index (χ1n) is 2.51. The number of para-hydroxylation sites is 1. The van der Waals surface area contributed by atoms with Crippen molar-refractivity contribution in [1.29, 1.82) is 0 Å². The summed E-state index contributed by atoms with van der Waals surface area (Å²) < 4.78 is 3.22. The van der Waals surface area contributed by atoms with E-state index in [1.54, 1.807) is 0 Å². The zero-order valence-electron chi connectivity index (χ0n) is 5.09. The average Bonchev–Trinajstić information content (AvgIpc) is 1.90. The molecule has 0 aliphatic carbocycles. The summed E-state index contributed by atoms with van der Waals surface area (Å²) in [4.78, 5) is 0. The molecule has 0 radical (unpaired) electrons. The molecule has 1 aromatic rings. The Balaban J connectivity index is 0.000000640. The van der Waals surface area contributed by atoms with E-state index in [9.17, 15) is 0 Å². The first-order valence-corrected chi connectivity index (χ1v) is 5.26. The predicted molar refractivity (Wildman–Crippen MR) is 33.7 cm³/mol. The van der Waals surface area contributed by atoms with Crippen molar-refractivity contribution < 1.29 is 31.9 Å². The van der Waals surface area contributed by atoms with Crippen molar-refractivity contribution in [3.8, 4) is 0 Å². The molecule has 0 saturated heterocycles. The molecular weight excluding hydrogens is 303 g/mol. The van der Waals surface area contributed by atoms with Crippen LogP contribution in [0.1, 0.15) is 0 Å². The van der Waals surface area contributed by atoms with Gasteiger partial charge in [-0.1, -0.05) is 0 Å². The summed E-state index contributed by atoms with van der Waals surface area (Å²) in [7, 11) is 0. The molecule has 0 spiro atoms. The van der Waals surface area contributed by atoms with Crippen LogP contribution in [0, 0.1) is 0 Å². The molecule has 2 nitrogen and oxygen atoms in total. The Kier molecular flexibility index (Phi) is 4.72. The number of anilines is 1. The van der Waals surface area contributed by atoms with Crippen molar-refractivity contribution in [2.45, 2.75) is 0 Å². The zero-order chi connectivity index (χ0) is 5.82. The van der Waals surface area contributed by atoms with Gasteiger partial charge in [0.2, 0.25) is 0 Å². The molecule has 0 bridgehead atoms. The van der Waals surface area contributed by atoms with Crippen molar-refractivity contribution in [3.05, 3.63) is 30.3 Å². The second-order valence-corrected chi connectivity index (χ2v) is 2.92. The molecule has 0 unspecified atom stereocenters. The second kappa shape index (κ2) is 4.76. The van der Waals surface area contributed by atoms with Gasteiger partial charge in [-0.25, -0.2) is 0 Å². The standard InChI is InChI=1S/C6H6N.Hg.H2O/c7-6-4-2-1-3-5-6;;/h1-5,7H;;1H2/q-1;+1;. The van der Waals surface area contributed by atoms with Crippen LogP contribution in [-0.4, -0.2) is 5.48 Å². The summed E-state index contributed by atoms with van der Waals surface area (Å²) in [6.45, 7) is 0. The third-order valence-electron chi connectivity index (χ3n) is 0.978. The molecule has 45 valence electrons. The quantitative estimate of drug-likeness (QED) is 0.764. The first kappa shape index (κ1) is 8.92. The average molecular weight is 311 g/mol. The van der Waals surface area contributed by atoms with Crippen LogP contribution in [0.15, 0.2) is 30.3 Å². The van der Waals surface area contributed by atoms with Crippen molar-refractivity contribution >= 4 is 5.69 Å². The molecule has 0 atom stereocenters. The molecule has 1 rings (SSSR count). The summed E-state index contributed by atoms with van der Waals surface area (Å²) in [6, 6.07) is 10.2. The number of hydrogen-bond acceptors (Lipinski definition) is 1. The molecule has 1 aromatic carbocycles. The summed E-state index contributed by atoms with van der Waals surface area (Å²) in [5.41, 5.74) is 1.25. The molecule has 0 amide bonds. The van der Waals surface area contributed by atoms with E-state index < -0.39 is 0 Å². The number of hydrogen-bond donors (Lipinski definition) is 1. The molecule has 3 N–H and O–H groups in total. The SMILES string of the molecule is O.[Hg][NH]c1ccccc1. The molecule has 9 heavy (non-hydrogen) atoms. The van der Waals surface area contributed by atoms with E-state index in [1.165, 1.54) is 5.69 Å². The van der Waals surface area contributed by atoms with Gasteiger partial charge in [0.15, 0.2) is 0 Å². The summed E-state index contributed by atoms with van der Waals surface area (Å²) in [6.07, 6.45) is 0. The Hall–Kier alpha value is -0.0849. The second-order valence-electron chi connectivity index (χ2n) is 1.54. The Morgan fingerprint density at radius 2 is 1.67 bits per heavy atom. The van der Waals surface area contributed by atoms with Crippen molar-refractivity contribution in [1.82, 2.24) is 0 Å². The van der Waals surface area contributed by atoms with Gasteiger partial charge >= 0.3 is 65.5 Å². The Morgan fingerprint density at radius 3 is 2.00 bits per heavy atom. The minimum atomic E-state index is 0. The van der Waals surface area contributed by atoms with Crippen LogP contribution in [0.4, 0.5) is 5.69 Å². The van der Waals surface area contributed by atoms with Gasteiger partial charge in [-0.2, -0.15) is 0 Å². The normalized spacial score (nSPS) is 7.78. The van der Waals surface area contributed by atoms with Crippen LogP contribution in [-0.2, 0) is 26.4 Å². The zero-order valence-corrected chi connectivity index (χ0v) is 10.6. The van der Waals surface area contributed by atoms with Gasteiger partial charge < -0.3 is 5.48 Å². The van der Waals surface area contributed by atoms with Gasteiger partial charge in [-0.15, -0.1) is 0 Å². The van der Waals surface area contributed by atoms with Gasteiger partial charge in [0.1, 0.15) is 0 Å². The summed E-state index contributed by atoms with van der Waals surface area (Å²) >= 11 is 0.672. The fourth-order valence-corrected chi connectivity index (χ4v) is 1.47. The molecule has 0 fully saturated rings. The van der Waals surface area contributed by atoms with E-state index in [-0.39, 0.29) is 5.48 Å². The topological polar surface area (TPSA) is 43.5 Å². The third-order valence-corrected chi connectivity index (χ3v) is 2.56. The number of nitrogens with one attached hydrogen (secondary N) is 1. The van der Waals surface area contributed by atoms with Crippen molar-refractivity contribution in [2.24, 2.45) is 0 Å². The van der Waals surface area contributed by atoms with Crippen molar-refractivity contribution in [2.75, 3.05) is 3.08 Å². The molecule has 3 heteroatoms. The third kappa shape index (κ3) is 2.82. The Labute approximate surface area is 71.0 Å². The summed E-state index contributed by atoms with van der Waals surface area (Å²) in [5.74, 6) is 0. The molecule has 0 heterocycles. The number of benzene rings is 1. The van der Waals surface area contributed by atoms with Gasteiger partial charge in [0.05, 0.1) is 0 Å². The number of rotatable bonds is 1. The fraction of sp³-hybridized carbons (Fsp3) is 0. The van der Waals surface area contributed by atoms with Crippen LogP contribution in [0.5, 0.6) is 0 Å². The fourth-order valence-electron chi connectivity index (χ4n) is 0.556. The van der Waals surface area contributed by atoms with Gasteiger partial charge in [0.25, 0.3) is 0 Å². The molecule has 0 aromatic heterocycles. The van der Waals surface area contributed by atoms with E-state index in [0.29, 0.717) is 26.4 Å². The van der Waals surface area contributed by atoms with E-state index in [1.807, 2.05) is 18.2 Å². The van der Waals surface area contributed by atoms with Crippen LogP contribution in [0.25, 0.3) is 0 Å². The van der Waals surface area contributed by atoms with Crippen LogP contribution < -0.4 is 3.08 Å². The maximum absolute atomic E-state index is 3.22. The molecule has 0 aliphatic rings. The van der Waals surface area contributed by atoms with E-state index >= 15 is 0 Å². The predicted octanol–water partition coefficient (Wildman–Crippen LogP) is 0.736. The van der Waals surface area contributed by atoms with Crippen LogP contribution >= 0.6 is 0 Å². The Morgan fingerprint density at radius 1 is 1.11 bits per heavy atom. The first-order chi connectivity index (χ1) is 3.93. The monoisotopic (exact) mass is 312 g/mol. The molecule has 0 saturated carbocycles. The van der Waals surface area contributed by atoms with Crippen LogP contribution in [0.3, 0.4) is 0 Å². The van der Waals surface area contributed by atoms with E-state index in [2.05, 4.69) is 15.2 Å². The van der Waals surface area contributed by atoms with E-state index in [0.717, 1.165) is 0 Å². The Bertz CT molecular complexity index is 154. The van der Waals surface area contributed by atoms with Gasteiger partial charge in [-0.05, 0) is 0 Å². The van der Waals surface area contributed by atoms with Crippen molar-refractivity contribution in [3.63, 3.8) is 0 Å². The van der Waals surface area contributed by atoms with Gasteiger partial charge in [0, 0.05) is 0 Å². The molecular formula is C6H8HgNO. The van der Waals surface area contributed by atoms with E-state index in [4.69, 9.17) is 0 Å². The van der Waals surface area contributed by atoms with Gasteiger partial charge in [-0.3, -0.25) is 0 Å². The minimum absolute atomic E-state index is 0.